The van der Waals surface area contributed by atoms with Crippen molar-refractivity contribution in [3.8, 4) is 0 Å². The third kappa shape index (κ3) is 5.30. The quantitative estimate of drug-likeness (QED) is 0.738. The highest BCUT2D eigenvalue weighted by Gasteiger charge is 2.19. The van der Waals surface area contributed by atoms with Crippen molar-refractivity contribution < 1.29 is 9.59 Å². The molecule has 110 valence electrons. The van der Waals surface area contributed by atoms with E-state index in [-0.39, 0.29) is 24.3 Å². The van der Waals surface area contributed by atoms with Gasteiger partial charge in [0.05, 0.1) is 12.6 Å². The molecule has 0 saturated heterocycles. The van der Waals surface area contributed by atoms with Gasteiger partial charge < -0.3 is 16.4 Å². The Kier molecular flexibility index (Phi) is 6.67. The molecule has 0 bridgehead atoms. The standard InChI is InChI=1S/C14H20BrN3O2/c1-3-9(2)13(16)14(20)17-8-12(19)18-11-6-4-10(15)5-7-11/h4-7,9,13H,3,8,16H2,1-2H3,(H,17,20)(H,18,19). The predicted octanol–water partition coefficient (Wildman–Crippen LogP) is 1.88. The zero-order chi connectivity index (χ0) is 15.1. The highest BCUT2D eigenvalue weighted by atomic mass is 79.9. The van der Waals surface area contributed by atoms with E-state index in [1.54, 1.807) is 12.1 Å². The lowest BCUT2D eigenvalue weighted by molar-refractivity contribution is -0.125. The maximum Gasteiger partial charge on any atom is 0.243 e. The summed E-state index contributed by atoms with van der Waals surface area (Å²) in [6.07, 6.45) is 0.819. The first-order valence-electron chi connectivity index (χ1n) is 6.52. The largest absolute Gasteiger partial charge is 0.346 e. The number of hydrogen-bond acceptors (Lipinski definition) is 3. The molecule has 0 aliphatic carbocycles. The molecule has 6 heteroatoms. The van der Waals surface area contributed by atoms with E-state index in [9.17, 15) is 9.59 Å². The summed E-state index contributed by atoms with van der Waals surface area (Å²) in [5.41, 5.74) is 6.46. The van der Waals surface area contributed by atoms with Gasteiger partial charge >= 0.3 is 0 Å². The van der Waals surface area contributed by atoms with Crippen LogP contribution in [-0.2, 0) is 9.59 Å². The van der Waals surface area contributed by atoms with Crippen molar-refractivity contribution in [2.24, 2.45) is 11.7 Å². The molecular weight excluding hydrogens is 322 g/mol. The van der Waals surface area contributed by atoms with E-state index in [1.807, 2.05) is 26.0 Å². The van der Waals surface area contributed by atoms with Gasteiger partial charge in [0.15, 0.2) is 0 Å². The summed E-state index contributed by atoms with van der Waals surface area (Å²) >= 11 is 3.31. The number of benzene rings is 1. The summed E-state index contributed by atoms with van der Waals surface area (Å²) in [5, 5.41) is 5.24. The predicted molar refractivity (Wildman–Crippen MR) is 83.2 cm³/mol. The lowest BCUT2D eigenvalue weighted by Gasteiger charge is -2.17. The zero-order valence-corrected chi connectivity index (χ0v) is 13.2. The maximum absolute atomic E-state index is 11.7. The van der Waals surface area contributed by atoms with E-state index in [0.29, 0.717) is 5.69 Å². The molecule has 5 nitrogen and oxygen atoms in total. The van der Waals surface area contributed by atoms with Crippen LogP contribution in [-0.4, -0.2) is 24.4 Å². The monoisotopic (exact) mass is 341 g/mol. The van der Waals surface area contributed by atoms with Crippen LogP contribution in [0.1, 0.15) is 20.3 Å². The third-order valence-corrected chi connectivity index (χ3v) is 3.64. The topological polar surface area (TPSA) is 84.2 Å². The summed E-state index contributed by atoms with van der Waals surface area (Å²) in [6, 6.07) is 6.61. The first kappa shape index (κ1) is 16.7. The Bertz CT molecular complexity index is 462. The second kappa shape index (κ2) is 8.01. The van der Waals surface area contributed by atoms with Crippen LogP contribution in [0.4, 0.5) is 5.69 Å². The van der Waals surface area contributed by atoms with Gasteiger partial charge in [0.25, 0.3) is 0 Å². The summed E-state index contributed by atoms with van der Waals surface area (Å²) in [7, 11) is 0. The third-order valence-electron chi connectivity index (χ3n) is 3.11. The van der Waals surface area contributed by atoms with Gasteiger partial charge in [0.2, 0.25) is 11.8 Å². The number of rotatable bonds is 6. The summed E-state index contributed by atoms with van der Waals surface area (Å²) in [4.78, 5) is 23.4. The minimum atomic E-state index is -0.583. The van der Waals surface area contributed by atoms with Gasteiger partial charge in [-0.05, 0) is 30.2 Å². The first-order valence-corrected chi connectivity index (χ1v) is 7.32. The minimum Gasteiger partial charge on any atom is -0.346 e. The minimum absolute atomic E-state index is 0.0843. The van der Waals surface area contributed by atoms with Crippen molar-refractivity contribution in [3.05, 3.63) is 28.7 Å². The number of nitrogens with one attached hydrogen (secondary N) is 2. The van der Waals surface area contributed by atoms with Gasteiger partial charge in [0, 0.05) is 10.2 Å². The molecule has 1 aromatic rings. The summed E-state index contributed by atoms with van der Waals surface area (Å²) < 4.78 is 0.934. The highest BCUT2D eigenvalue weighted by Crippen LogP contribution is 2.13. The lowest BCUT2D eigenvalue weighted by atomic mass is 9.99. The number of halogens is 1. The molecule has 0 aromatic heterocycles. The molecule has 4 N–H and O–H groups in total. The van der Waals surface area contributed by atoms with Crippen LogP contribution in [0.25, 0.3) is 0 Å². The van der Waals surface area contributed by atoms with Crippen LogP contribution in [0.5, 0.6) is 0 Å². The molecule has 2 unspecified atom stereocenters. The van der Waals surface area contributed by atoms with E-state index < -0.39 is 6.04 Å². The number of hydrogen-bond donors (Lipinski definition) is 3. The fraction of sp³-hybridized carbons (Fsp3) is 0.429. The Morgan fingerprint density at radius 1 is 1.30 bits per heavy atom. The van der Waals surface area contributed by atoms with Crippen LogP contribution in [0, 0.1) is 5.92 Å². The average molecular weight is 342 g/mol. The number of carbonyl (C=O) groups is 2. The molecule has 0 aliphatic heterocycles. The average Bonchev–Trinajstić information content (AvgIpc) is 2.45. The molecule has 0 spiro atoms. The Labute approximate surface area is 127 Å². The summed E-state index contributed by atoms with van der Waals surface area (Å²) in [5.74, 6) is -0.494. The van der Waals surface area contributed by atoms with Crippen LogP contribution < -0.4 is 16.4 Å². The Morgan fingerprint density at radius 2 is 1.90 bits per heavy atom. The number of carbonyl (C=O) groups excluding carboxylic acids is 2. The molecule has 2 atom stereocenters. The lowest BCUT2D eigenvalue weighted by Crippen LogP contribution is -2.46. The fourth-order valence-electron chi connectivity index (χ4n) is 1.54. The van der Waals surface area contributed by atoms with E-state index >= 15 is 0 Å². The van der Waals surface area contributed by atoms with Crippen molar-refractivity contribution in [2.75, 3.05) is 11.9 Å². The molecule has 2 amide bonds. The van der Waals surface area contributed by atoms with Gasteiger partial charge in [-0.3, -0.25) is 9.59 Å². The molecule has 0 aliphatic rings. The molecule has 0 heterocycles. The summed E-state index contributed by atoms with van der Waals surface area (Å²) in [6.45, 7) is 3.79. The van der Waals surface area contributed by atoms with Crippen LogP contribution >= 0.6 is 15.9 Å². The van der Waals surface area contributed by atoms with Crippen molar-refractivity contribution in [1.29, 1.82) is 0 Å². The van der Waals surface area contributed by atoms with Crippen LogP contribution in [0.2, 0.25) is 0 Å². The smallest absolute Gasteiger partial charge is 0.243 e. The van der Waals surface area contributed by atoms with Crippen molar-refractivity contribution in [3.63, 3.8) is 0 Å². The maximum atomic E-state index is 11.7. The first-order chi connectivity index (χ1) is 9.43. The number of amides is 2. The highest BCUT2D eigenvalue weighted by molar-refractivity contribution is 9.10. The molecule has 0 fully saturated rings. The van der Waals surface area contributed by atoms with Gasteiger partial charge in [-0.25, -0.2) is 0 Å². The Balaban J connectivity index is 2.40. The van der Waals surface area contributed by atoms with Gasteiger partial charge in [-0.1, -0.05) is 36.2 Å². The second-order valence-corrected chi connectivity index (χ2v) is 5.60. The van der Waals surface area contributed by atoms with Crippen LogP contribution in [0.3, 0.4) is 0 Å². The van der Waals surface area contributed by atoms with E-state index in [1.165, 1.54) is 0 Å². The SMILES string of the molecule is CCC(C)C(N)C(=O)NCC(=O)Nc1ccc(Br)cc1. The Morgan fingerprint density at radius 3 is 2.45 bits per heavy atom. The molecule has 1 aromatic carbocycles. The van der Waals surface area contributed by atoms with Crippen molar-refractivity contribution in [1.82, 2.24) is 5.32 Å². The molecule has 1 rings (SSSR count). The zero-order valence-electron chi connectivity index (χ0n) is 11.7. The second-order valence-electron chi connectivity index (χ2n) is 4.68. The van der Waals surface area contributed by atoms with Crippen molar-refractivity contribution >= 4 is 33.4 Å². The van der Waals surface area contributed by atoms with Crippen molar-refractivity contribution in [2.45, 2.75) is 26.3 Å². The van der Waals surface area contributed by atoms with Gasteiger partial charge in [-0.2, -0.15) is 0 Å². The van der Waals surface area contributed by atoms with E-state index in [2.05, 4.69) is 26.6 Å². The van der Waals surface area contributed by atoms with Crippen LogP contribution in [0.15, 0.2) is 28.7 Å². The Hall–Kier alpha value is -1.40. The molecule has 0 saturated carbocycles. The number of nitrogens with two attached hydrogens (primary N) is 1. The fourth-order valence-corrected chi connectivity index (χ4v) is 1.80. The molecule has 0 radical (unpaired) electrons. The number of anilines is 1. The van der Waals surface area contributed by atoms with Gasteiger partial charge in [-0.15, -0.1) is 0 Å². The van der Waals surface area contributed by atoms with E-state index in [4.69, 9.17) is 5.73 Å². The van der Waals surface area contributed by atoms with E-state index in [0.717, 1.165) is 10.9 Å². The van der Waals surface area contributed by atoms with Gasteiger partial charge in [0.1, 0.15) is 0 Å². The molecule has 20 heavy (non-hydrogen) atoms. The molecular formula is C14H20BrN3O2. The normalized spacial score (nSPS) is 13.4.